The van der Waals surface area contributed by atoms with Crippen molar-refractivity contribution < 1.29 is 13.2 Å². The number of halogens is 6. The molecule has 0 bridgehead atoms. The minimum absolute atomic E-state index is 0.0210. The minimum atomic E-state index is -4.51. The molecule has 2 nitrogen and oxygen atoms in total. The Kier molecular flexibility index (Phi) is 5.64. The highest BCUT2D eigenvalue weighted by atomic mass is 35.5. The third-order valence-electron chi connectivity index (χ3n) is 3.17. The third-order valence-corrected chi connectivity index (χ3v) is 4.01. The number of amidine groups is 1. The van der Waals surface area contributed by atoms with E-state index < -0.39 is 11.7 Å². The summed E-state index contributed by atoms with van der Waals surface area (Å²) in [5.41, 5.74) is 0.240. The van der Waals surface area contributed by atoms with E-state index in [0.29, 0.717) is 30.4 Å². The highest BCUT2D eigenvalue weighted by Crippen LogP contribution is 2.38. The molecule has 8 heteroatoms. The van der Waals surface area contributed by atoms with Crippen LogP contribution in [0.2, 0.25) is 5.02 Å². The summed E-state index contributed by atoms with van der Waals surface area (Å²) in [6.45, 7) is 1.01. The van der Waals surface area contributed by atoms with E-state index >= 15 is 0 Å². The zero-order valence-corrected chi connectivity index (χ0v) is 13.6. The summed E-state index contributed by atoms with van der Waals surface area (Å²) in [5, 5.41) is 0.427. The largest absolute Gasteiger partial charge is 0.418 e. The fourth-order valence-electron chi connectivity index (χ4n) is 2.20. The second-order valence-corrected chi connectivity index (χ2v) is 5.91. The van der Waals surface area contributed by atoms with E-state index in [2.05, 4.69) is 4.99 Å². The lowest BCUT2D eigenvalue weighted by Gasteiger charge is -2.19. The number of nitrogens with zero attached hydrogens (tertiary/aromatic N) is 2. The molecule has 22 heavy (non-hydrogen) atoms. The number of hydrogen-bond acceptors (Lipinski definition) is 1. The van der Waals surface area contributed by atoms with Crippen LogP contribution in [-0.4, -0.2) is 23.8 Å². The first-order chi connectivity index (χ1) is 10.3. The van der Waals surface area contributed by atoms with Crippen molar-refractivity contribution in [2.75, 3.05) is 13.1 Å². The van der Waals surface area contributed by atoms with Crippen molar-refractivity contribution in [2.45, 2.75) is 19.0 Å². The lowest BCUT2D eigenvalue weighted by molar-refractivity contribution is -0.137. The van der Waals surface area contributed by atoms with Crippen LogP contribution in [0.15, 0.2) is 33.8 Å². The quantitative estimate of drug-likeness (QED) is 0.655. The topological polar surface area (TPSA) is 15.6 Å². The highest BCUT2D eigenvalue weighted by Gasteiger charge is 2.34. The van der Waals surface area contributed by atoms with Gasteiger partial charge in [-0.15, -0.1) is 0 Å². The molecule has 0 aromatic heterocycles. The molecule has 120 valence electrons. The van der Waals surface area contributed by atoms with Gasteiger partial charge < -0.3 is 4.90 Å². The van der Waals surface area contributed by atoms with Crippen LogP contribution in [0.5, 0.6) is 0 Å². The first kappa shape index (κ1) is 17.4. The van der Waals surface area contributed by atoms with Gasteiger partial charge in [0.15, 0.2) is 0 Å². The standard InChI is InChI=1S/C14H12Cl3F3N2/c15-7-10(17)8-22-5-1-2-13(22)21-12-4-3-9(16)6-11(12)14(18,19)20/h3-4,6-7H,1-2,5,8H2/b10-7-,21-13?. The lowest BCUT2D eigenvalue weighted by atomic mass is 10.1. The Morgan fingerprint density at radius 1 is 1.36 bits per heavy atom. The van der Waals surface area contributed by atoms with Crippen LogP contribution in [-0.2, 0) is 6.18 Å². The molecule has 1 saturated heterocycles. The number of likely N-dealkylation sites (tertiary alicyclic amines) is 1. The van der Waals surface area contributed by atoms with Crippen LogP contribution >= 0.6 is 34.8 Å². The molecule has 0 aliphatic carbocycles. The summed E-state index contributed by atoms with van der Waals surface area (Å²) in [5.74, 6) is 0.560. The van der Waals surface area contributed by atoms with Crippen molar-refractivity contribution in [1.82, 2.24) is 4.90 Å². The first-order valence-corrected chi connectivity index (χ1v) is 7.64. The molecule has 2 rings (SSSR count). The highest BCUT2D eigenvalue weighted by molar-refractivity contribution is 6.36. The molecule has 1 heterocycles. The normalized spacial score (nSPS) is 18.4. The summed E-state index contributed by atoms with van der Waals surface area (Å²) in [6, 6.07) is 3.54. The average Bonchev–Trinajstić information content (AvgIpc) is 2.86. The third kappa shape index (κ3) is 4.31. The Morgan fingerprint density at radius 3 is 2.73 bits per heavy atom. The molecule has 1 aliphatic heterocycles. The Bertz CT molecular complexity index is 612. The van der Waals surface area contributed by atoms with E-state index in [0.717, 1.165) is 12.5 Å². The number of alkyl halides is 3. The molecule has 0 unspecified atom stereocenters. The maximum absolute atomic E-state index is 13.1. The second kappa shape index (κ2) is 7.11. The molecule has 1 aliphatic rings. The fraction of sp³-hybridized carbons (Fsp3) is 0.357. The van der Waals surface area contributed by atoms with Crippen LogP contribution in [0.4, 0.5) is 18.9 Å². The van der Waals surface area contributed by atoms with E-state index in [1.807, 2.05) is 4.90 Å². The van der Waals surface area contributed by atoms with Crippen LogP contribution in [0.3, 0.4) is 0 Å². The van der Waals surface area contributed by atoms with Crippen molar-refractivity contribution in [3.05, 3.63) is 39.4 Å². The molecule has 1 fully saturated rings. The summed E-state index contributed by atoms with van der Waals surface area (Å²) in [4.78, 5) is 5.98. The van der Waals surface area contributed by atoms with E-state index in [4.69, 9.17) is 34.8 Å². The first-order valence-electron chi connectivity index (χ1n) is 6.45. The minimum Gasteiger partial charge on any atom is -0.355 e. The predicted octanol–water partition coefficient (Wildman–Crippen LogP) is 5.80. The Morgan fingerprint density at radius 2 is 2.09 bits per heavy atom. The van der Waals surface area contributed by atoms with Crippen LogP contribution < -0.4 is 0 Å². The maximum Gasteiger partial charge on any atom is 0.418 e. The number of aliphatic imine (C=N–C) groups is 1. The lowest BCUT2D eigenvalue weighted by Crippen LogP contribution is -2.26. The Balaban J connectivity index is 2.36. The van der Waals surface area contributed by atoms with Crippen molar-refractivity contribution in [3.63, 3.8) is 0 Å². The van der Waals surface area contributed by atoms with Gasteiger partial charge in [-0.1, -0.05) is 34.8 Å². The average molecular weight is 372 g/mol. The van der Waals surface area contributed by atoms with Gasteiger partial charge in [0, 0.05) is 28.6 Å². The molecule has 0 amide bonds. The Labute approximate surface area is 141 Å². The smallest absolute Gasteiger partial charge is 0.355 e. The monoisotopic (exact) mass is 370 g/mol. The maximum atomic E-state index is 13.1. The molecule has 0 radical (unpaired) electrons. The van der Waals surface area contributed by atoms with Gasteiger partial charge in [-0.2, -0.15) is 13.2 Å². The number of benzene rings is 1. The van der Waals surface area contributed by atoms with Crippen molar-refractivity contribution in [3.8, 4) is 0 Å². The summed E-state index contributed by atoms with van der Waals surface area (Å²) >= 11 is 17.0. The van der Waals surface area contributed by atoms with Gasteiger partial charge >= 0.3 is 6.18 Å². The molecular weight excluding hydrogens is 360 g/mol. The second-order valence-electron chi connectivity index (χ2n) is 4.77. The molecule has 0 N–H and O–H groups in total. The SMILES string of the molecule is FC(F)(F)c1cc(Cl)ccc1N=C1CCCN1C/C(Cl)=C/Cl. The van der Waals surface area contributed by atoms with Crippen LogP contribution in [0.1, 0.15) is 18.4 Å². The molecule has 0 spiro atoms. The van der Waals surface area contributed by atoms with Gasteiger partial charge in [0.05, 0.1) is 17.8 Å². The van der Waals surface area contributed by atoms with Gasteiger partial charge in [-0.25, -0.2) is 4.99 Å². The van der Waals surface area contributed by atoms with E-state index in [1.165, 1.54) is 17.7 Å². The van der Waals surface area contributed by atoms with E-state index in [1.54, 1.807) is 0 Å². The number of rotatable bonds is 3. The predicted molar refractivity (Wildman–Crippen MR) is 84.1 cm³/mol. The van der Waals surface area contributed by atoms with Gasteiger partial charge in [0.1, 0.15) is 5.84 Å². The molecule has 0 atom stereocenters. The van der Waals surface area contributed by atoms with E-state index in [-0.39, 0.29) is 10.7 Å². The molecule has 1 aromatic carbocycles. The Hall–Kier alpha value is -0.910. The van der Waals surface area contributed by atoms with Crippen LogP contribution in [0.25, 0.3) is 0 Å². The summed E-state index contributed by atoms with van der Waals surface area (Å²) in [6.07, 6.45) is -3.12. The summed E-state index contributed by atoms with van der Waals surface area (Å²) in [7, 11) is 0. The fourth-order valence-corrected chi connectivity index (χ4v) is 2.59. The van der Waals surface area contributed by atoms with Crippen molar-refractivity contribution in [2.24, 2.45) is 4.99 Å². The van der Waals surface area contributed by atoms with Crippen molar-refractivity contribution in [1.29, 1.82) is 0 Å². The zero-order chi connectivity index (χ0) is 16.3. The number of hydrogen-bond donors (Lipinski definition) is 0. The molecule has 1 aromatic rings. The van der Waals surface area contributed by atoms with Gasteiger partial charge in [-0.3, -0.25) is 0 Å². The van der Waals surface area contributed by atoms with Gasteiger partial charge in [0.2, 0.25) is 0 Å². The molecule has 0 saturated carbocycles. The molecular formula is C14H12Cl3F3N2. The zero-order valence-electron chi connectivity index (χ0n) is 11.3. The van der Waals surface area contributed by atoms with Gasteiger partial charge in [0.25, 0.3) is 0 Å². The van der Waals surface area contributed by atoms with Gasteiger partial charge in [-0.05, 0) is 24.6 Å². The van der Waals surface area contributed by atoms with Crippen LogP contribution in [0, 0.1) is 0 Å². The summed E-state index contributed by atoms with van der Waals surface area (Å²) < 4.78 is 39.2. The van der Waals surface area contributed by atoms with Crippen molar-refractivity contribution >= 4 is 46.3 Å². The van der Waals surface area contributed by atoms with E-state index in [9.17, 15) is 13.2 Å².